The Morgan fingerprint density at radius 2 is 2.20 bits per heavy atom. The number of rotatable bonds is 3. The van der Waals surface area contributed by atoms with Gasteiger partial charge >= 0.3 is 0 Å². The number of fused-ring (bicyclic) bond motifs is 1. The molecule has 1 aromatic carbocycles. The summed E-state index contributed by atoms with van der Waals surface area (Å²) < 4.78 is 0. The highest BCUT2D eigenvalue weighted by atomic mass is 32.2. The van der Waals surface area contributed by atoms with Crippen molar-refractivity contribution in [3.63, 3.8) is 0 Å². The fraction of sp³-hybridized carbons (Fsp3) is 0.333. The summed E-state index contributed by atoms with van der Waals surface area (Å²) in [5.41, 5.74) is 8.75. The smallest absolute Gasteiger partial charge is 0.133 e. The van der Waals surface area contributed by atoms with Crippen molar-refractivity contribution in [1.82, 2.24) is 9.97 Å². The van der Waals surface area contributed by atoms with Crippen LogP contribution in [-0.2, 0) is 6.42 Å². The predicted molar refractivity (Wildman–Crippen MR) is 83.1 cm³/mol. The molecule has 0 fully saturated rings. The number of hydrogen-bond acceptors (Lipinski definition) is 5. The molecule has 104 valence electrons. The van der Waals surface area contributed by atoms with Crippen molar-refractivity contribution in [2.45, 2.75) is 17.5 Å². The molecule has 0 saturated carbocycles. The Kier molecular flexibility index (Phi) is 3.89. The summed E-state index contributed by atoms with van der Waals surface area (Å²) >= 11 is 1.63. The van der Waals surface area contributed by atoms with Crippen molar-refractivity contribution >= 4 is 17.6 Å². The maximum absolute atomic E-state index is 6.03. The van der Waals surface area contributed by atoms with Crippen LogP contribution in [0.15, 0.2) is 41.7 Å². The molecule has 1 aliphatic rings. The fourth-order valence-corrected chi connectivity index (χ4v) is 3.15. The molecule has 4 nitrogen and oxygen atoms in total. The van der Waals surface area contributed by atoms with Gasteiger partial charge in [0.05, 0.1) is 6.04 Å². The van der Waals surface area contributed by atoms with Crippen molar-refractivity contribution in [3.05, 3.63) is 47.8 Å². The topological polar surface area (TPSA) is 55.0 Å². The molecule has 1 unspecified atom stereocenters. The second-order valence-electron chi connectivity index (χ2n) is 4.81. The van der Waals surface area contributed by atoms with E-state index >= 15 is 0 Å². The van der Waals surface area contributed by atoms with Crippen molar-refractivity contribution in [1.29, 1.82) is 0 Å². The van der Waals surface area contributed by atoms with Gasteiger partial charge in [-0.2, -0.15) is 0 Å². The predicted octanol–water partition coefficient (Wildman–Crippen LogP) is 2.26. The average molecular weight is 286 g/mol. The summed E-state index contributed by atoms with van der Waals surface area (Å²) in [6.07, 6.45) is 4.69. The molecule has 2 aromatic rings. The van der Waals surface area contributed by atoms with E-state index in [1.807, 2.05) is 12.3 Å². The highest BCUT2D eigenvalue weighted by Gasteiger charge is 2.27. The van der Waals surface area contributed by atoms with E-state index in [1.54, 1.807) is 18.1 Å². The SMILES string of the molecule is CSc1cc(N2CCc3ccccc3C2CN)ncn1. The molecule has 5 heteroatoms. The molecule has 0 spiro atoms. The van der Waals surface area contributed by atoms with Crippen LogP contribution >= 0.6 is 11.8 Å². The summed E-state index contributed by atoms with van der Waals surface area (Å²) in [4.78, 5) is 11.0. The van der Waals surface area contributed by atoms with Gasteiger partial charge in [0, 0.05) is 19.2 Å². The highest BCUT2D eigenvalue weighted by Crippen LogP contribution is 2.32. The largest absolute Gasteiger partial charge is 0.348 e. The lowest BCUT2D eigenvalue weighted by molar-refractivity contribution is 0.582. The molecule has 1 aromatic heterocycles. The second-order valence-corrected chi connectivity index (χ2v) is 5.64. The lowest BCUT2D eigenvalue weighted by Gasteiger charge is -2.37. The quantitative estimate of drug-likeness (QED) is 0.693. The van der Waals surface area contributed by atoms with Gasteiger partial charge in [-0.05, 0) is 23.8 Å². The third-order valence-electron chi connectivity index (χ3n) is 3.77. The molecule has 1 atom stereocenters. The molecule has 2 heterocycles. The van der Waals surface area contributed by atoms with Crippen LogP contribution in [-0.4, -0.2) is 29.3 Å². The normalized spacial score (nSPS) is 17.9. The number of nitrogens with two attached hydrogens (primary N) is 1. The molecule has 0 bridgehead atoms. The van der Waals surface area contributed by atoms with Crippen LogP contribution in [0.25, 0.3) is 0 Å². The Labute approximate surface area is 123 Å². The zero-order valence-corrected chi connectivity index (χ0v) is 12.3. The molecular weight excluding hydrogens is 268 g/mol. The average Bonchev–Trinajstić information content (AvgIpc) is 2.53. The first-order valence-electron chi connectivity index (χ1n) is 6.74. The van der Waals surface area contributed by atoms with Crippen LogP contribution in [0.2, 0.25) is 0 Å². The highest BCUT2D eigenvalue weighted by molar-refractivity contribution is 7.98. The van der Waals surface area contributed by atoms with Crippen molar-refractivity contribution in [2.75, 3.05) is 24.2 Å². The molecule has 0 radical (unpaired) electrons. The number of anilines is 1. The first kappa shape index (κ1) is 13.4. The van der Waals surface area contributed by atoms with Gasteiger partial charge < -0.3 is 10.6 Å². The summed E-state index contributed by atoms with van der Waals surface area (Å²) in [5, 5.41) is 0.990. The van der Waals surface area contributed by atoms with E-state index < -0.39 is 0 Å². The van der Waals surface area contributed by atoms with E-state index in [-0.39, 0.29) is 6.04 Å². The minimum atomic E-state index is 0.199. The van der Waals surface area contributed by atoms with E-state index in [0.717, 1.165) is 23.8 Å². The Balaban J connectivity index is 1.98. The van der Waals surface area contributed by atoms with Gasteiger partial charge in [-0.3, -0.25) is 0 Å². The Morgan fingerprint density at radius 3 is 3.00 bits per heavy atom. The van der Waals surface area contributed by atoms with Crippen LogP contribution in [0.4, 0.5) is 5.82 Å². The van der Waals surface area contributed by atoms with Gasteiger partial charge in [0.2, 0.25) is 0 Å². The number of nitrogens with zero attached hydrogens (tertiary/aromatic N) is 3. The van der Waals surface area contributed by atoms with E-state index in [2.05, 4.69) is 39.1 Å². The van der Waals surface area contributed by atoms with Crippen LogP contribution in [0.3, 0.4) is 0 Å². The maximum atomic E-state index is 6.03. The van der Waals surface area contributed by atoms with Crippen LogP contribution in [0, 0.1) is 0 Å². The summed E-state index contributed by atoms with van der Waals surface area (Å²) in [6, 6.07) is 10.8. The molecule has 0 aliphatic carbocycles. The number of aromatic nitrogens is 2. The maximum Gasteiger partial charge on any atom is 0.133 e. The number of benzene rings is 1. The first-order valence-corrected chi connectivity index (χ1v) is 7.96. The van der Waals surface area contributed by atoms with Crippen molar-refractivity contribution in [2.24, 2.45) is 5.73 Å². The van der Waals surface area contributed by atoms with E-state index in [1.165, 1.54) is 11.1 Å². The van der Waals surface area contributed by atoms with E-state index in [9.17, 15) is 0 Å². The monoisotopic (exact) mass is 286 g/mol. The third kappa shape index (κ3) is 2.39. The molecule has 0 amide bonds. The number of hydrogen-bond donors (Lipinski definition) is 1. The second kappa shape index (κ2) is 5.81. The fourth-order valence-electron chi connectivity index (χ4n) is 2.78. The van der Waals surface area contributed by atoms with Gasteiger partial charge in [-0.15, -0.1) is 11.8 Å². The lowest BCUT2D eigenvalue weighted by Crippen LogP contribution is -2.39. The molecule has 2 N–H and O–H groups in total. The van der Waals surface area contributed by atoms with Gasteiger partial charge in [-0.25, -0.2) is 9.97 Å². The third-order valence-corrected chi connectivity index (χ3v) is 4.41. The standard InChI is InChI=1S/C15H18N4S/c1-20-15-8-14(17-10-18-15)19-7-6-11-4-2-3-5-12(11)13(19)9-16/h2-5,8,10,13H,6-7,9,16H2,1H3. The zero-order chi connectivity index (χ0) is 13.9. The first-order chi connectivity index (χ1) is 9.83. The summed E-state index contributed by atoms with van der Waals surface area (Å²) in [5.74, 6) is 0.967. The van der Waals surface area contributed by atoms with Crippen LogP contribution in [0.5, 0.6) is 0 Å². The number of thioether (sulfide) groups is 1. The molecule has 1 aliphatic heterocycles. The van der Waals surface area contributed by atoms with Gasteiger partial charge in [0.25, 0.3) is 0 Å². The van der Waals surface area contributed by atoms with Crippen molar-refractivity contribution < 1.29 is 0 Å². The Morgan fingerprint density at radius 1 is 1.35 bits per heavy atom. The van der Waals surface area contributed by atoms with Gasteiger partial charge in [-0.1, -0.05) is 24.3 Å². The molecular formula is C15H18N4S. The Bertz CT molecular complexity index is 602. The van der Waals surface area contributed by atoms with E-state index in [0.29, 0.717) is 6.54 Å². The van der Waals surface area contributed by atoms with E-state index in [4.69, 9.17) is 5.73 Å². The molecule has 3 rings (SSSR count). The van der Waals surface area contributed by atoms with Gasteiger partial charge in [0.15, 0.2) is 0 Å². The molecule has 20 heavy (non-hydrogen) atoms. The Hall–Kier alpha value is -1.59. The molecule has 0 saturated heterocycles. The van der Waals surface area contributed by atoms with Crippen LogP contribution in [0.1, 0.15) is 17.2 Å². The van der Waals surface area contributed by atoms with Crippen molar-refractivity contribution in [3.8, 4) is 0 Å². The van der Waals surface area contributed by atoms with Gasteiger partial charge in [0.1, 0.15) is 17.2 Å². The van der Waals surface area contributed by atoms with Crippen LogP contribution < -0.4 is 10.6 Å². The summed E-state index contributed by atoms with van der Waals surface area (Å²) in [7, 11) is 0. The summed E-state index contributed by atoms with van der Waals surface area (Å²) in [6.45, 7) is 1.54. The minimum Gasteiger partial charge on any atom is -0.348 e. The zero-order valence-electron chi connectivity index (χ0n) is 11.5. The lowest BCUT2D eigenvalue weighted by atomic mass is 9.92. The minimum absolute atomic E-state index is 0.199.